The Hall–Kier alpha value is -0.465. The van der Waals surface area contributed by atoms with Crippen LogP contribution in [0.4, 0.5) is 0 Å². The second kappa shape index (κ2) is 6.26. The molecule has 11 heavy (non-hydrogen) atoms. The summed E-state index contributed by atoms with van der Waals surface area (Å²) in [6.07, 6.45) is 4.50. The maximum Gasteiger partial charge on any atom is 0.254 e. The van der Waals surface area contributed by atoms with E-state index >= 15 is 0 Å². The average molecular weight is 155 g/mol. The lowest BCUT2D eigenvalue weighted by Crippen LogP contribution is -2.36. The van der Waals surface area contributed by atoms with Gasteiger partial charge in [0, 0.05) is 6.92 Å². The molecule has 0 saturated heterocycles. The molecule has 0 fully saturated rings. The number of hydrogen-bond donors (Lipinski definition) is 1. The van der Waals surface area contributed by atoms with E-state index in [-0.39, 0.29) is 5.91 Å². The average Bonchev–Trinajstić information content (AvgIpc) is 1.87. The Morgan fingerprint density at radius 1 is 1.27 bits per heavy atom. The Labute approximate surface area is 69.9 Å². The Kier molecular flexibility index (Phi) is 5.99. The number of hydrogen-bond acceptors (Lipinski definition) is 1. The summed E-state index contributed by atoms with van der Waals surface area (Å²) in [5.41, 5.74) is 0. The summed E-state index contributed by atoms with van der Waals surface area (Å²) in [6, 6.07) is 0. The zero-order valence-corrected chi connectivity index (χ0v) is 7.81. The summed E-state index contributed by atoms with van der Waals surface area (Å²) in [5, 5.41) is 2.94. The maximum absolute atomic E-state index is 10.7. The van der Waals surface area contributed by atoms with Crippen molar-refractivity contribution in [2.24, 2.45) is 0 Å². The predicted molar refractivity (Wildman–Crippen MR) is 49.8 cm³/mol. The van der Waals surface area contributed by atoms with Crippen LogP contribution in [0.5, 0.6) is 0 Å². The first-order valence-corrected chi connectivity index (χ1v) is 4.47. The van der Waals surface area contributed by atoms with Crippen molar-refractivity contribution < 1.29 is 4.79 Å². The van der Waals surface area contributed by atoms with Crippen LogP contribution >= 0.6 is 0 Å². The Morgan fingerprint density at radius 2 is 1.73 bits per heavy atom. The highest BCUT2D eigenvalue weighted by Gasteiger charge is 2.12. The lowest BCUT2D eigenvalue weighted by molar-refractivity contribution is -0.117. The van der Waals surface area contributed by atoms with Crippen LogP contribution < -0.4 is 5.23 Å². The van der Waals surface area contributed by atoms with E-state index in [2.05, 4.69) is 19.1 Å². The minimum Gasteiger partial charge on any atom is -0.399 e. The molecule has 0 aromatic heterocycles. The summed E-state index contributed by atoms with van der Waals surface area (Å²) in [6.45, 7) is 6.27. The van der Waals surface area contributed by atoms with Crippen molar-refractivity contribution in [2.75, 3.05) is 0 Å². The molecule has 0 rings (SSSR count). The molecule has 0 aliphatic carbocycles. The van der Waals surface area contributed by atoms with E-state index in [9.17, 15) is 4.79 Å². The summed E-state index contributed by atoms with van der Waals surface area (Å²) >= 11 is 0. The lowest BCUT2D eigenvalue weighted by atomic mass is 9.55. The smallest absolute Gasteiger partial charge is 0.254 e. The van der Waals surface area contributed by atoms with Crippen molar-refractivity contribution in [1.29, 1.82) is 0 Å². The predicted octanol–water partition coefficient (Wildman–Crippen LogP) is 1.93. The number of carbonyl (C=O) groups excluding carboxylic acids is 1. The first-order chi connectivity index (χ1) is 5.20. The quantitative estimate of drug-likeness (QED) is 0.604. The van der Waals surface area contributed by atoms with Gasteiger partial charge in [0.1, 0.15) is 0 Å². The van der Waals surface area contributed by atoms with Gasteiger partial charge in [-0.3, -0.25) is 4.79 Å². The molecule has 3 heteroatoms. The number of nitrogens with one attached hydrogen (secondary N) is 1. The number of amides is 1. The standard InChI is InChI=1S/C8H18BNO/c1-4-6-9(7-5-2)10-8(3)11/h4-7H2,1-3H3,(H,10,11). The van der Waals surface area contributed by atoms with Crippen LogP contribution in [-0.2, 0) is 4.79 Å². The molecule has 1 N–H and O–H groups in total. The van der Waals surface area contributed by atoms with Gasteiger partial charge in [-0.15, -0.1) is 0 Å². The third kappa shape index (κ3) is 5.95. The Balaban J connectivity index is 3.59. The van der Waals surface area contributed by atoms with Gasteiger partial charge in [0.15, 0.2) is 0 Å². The minimum atomic E-state index is 0.0944. The molecular weight excluding hydrogens is 137 g/mol. The van der Waals surface area contributed by atoms with Gasteiger partial charge in [0.2, 0.25) is 5.91 Å². The molecule has 0 aliphatic heterocycles. The van der Waals surface area contributed by atoms with Crippen molar-refractivity contribution in [3.05, 3.63) is 0 Å². The zero-order valence-electron chi connectivity index (χ0n) is 7.81. The highest BCUT2D eigenvalue weighted by atomic mass is 16.1. The van der Waals surface area contributed by atoms with Crippen LogP contribution in [0.2, 0.25) is 12.6 Å². The molecule has 1 amide bonds. The van der Waals surface area contributed by atoms with Crippen LogP contribution in [0, 0.1) is 0 Å². The van der Waals surface area contributed by atoms with E-state index in [1.54, 1.807) is 6.92 Å². The van der Waals surface area contributed by atoms with E-state index < -0.39 is 0 Å². The molecule has 0 aromatic carbocycles. The van der Waals surface area contributed by atoms with Crippen molar-refractivity contribution in [1.82, 2.24) is 5.23 Å². The van der Waals surface area contributed by atoms with Gasteiger partial charge in [0.05, 0.1) is 0 Å². The molecule has 0 spiro atoms. The number of carbonyl (C=O) groups is 1. The first-order valence-electron chi connectivity index (χ1n) is 4.47. The van der Waals surface area contributed by atoms with Gasteiger partial charge in [-0.25, -0.2) is 0 Å². The van der Waals surface area contributed by atoms with Crippen LogP contribution in [0.25, 0.3) is 0 Å². The van der Waals surface area contributed by atoms with Crippen LogP contribution in [0.15, 0.2) is 0 Å². The molecule has 2 nitrogen and oxygen atoms in total. The topological polar surface area (TPSA) is 29.1 Å². The van der Waals surface area contributed by atoms with Crippen molar-refractivity contribution in [2.45, 2.75) is 46.3 Å². The van der Waals surface area contributed by atoms with Crippen LogP contribution in [0.1, 0.15) is 33.6 Å². The van der Waals surface area contributed by atoms with E-state index in [0.717, 1.165) is 25.5 Å². The summed E-state index contributed by atoms with van der Waals surface area (Å²) in [5.74, 6) is 0.0944. The van der Waals surface area contributed by atoms with Crippen LogP contribution in [0.3, 0.4) is 0 Å². The maximum atomic E-state index is 10.7. The Bertz CT molecular complexity index is 111. The van der Waals surface area contributed by atoms with Gasteiger partial charge in [-0.1, -0.05) is 39.3 Å². The third-order valence-corrected chi connectivity index (χ3v) is 1.68. The fraction of sp³-hybridized carbons (Fsp3) is 0.875. The molecule has 0 atom stereocenters. The molecule has 0 radical (unpaired) electrons. The molecule has 0 aliphatic rings. The zero-order chi connectivity index (χ0) is 8.69. The molecule has 64 valence electrons. The SMILES string of the molecule is CCCB(CCC)NC(C)=O. The lowest BCUT2D eigenvalue weighted by Gasteiger charge is -2.10. The first kappa shape index (κ1) is 10.5. The van der Waals surface area contributed by atoms with Gasteiger partial charge in [-0.2, -0.15) is 0 Å². The molecule has 0 heterocycles. The second-order valence-electron chi connectivity index (χ2n) is 2.97. The molecule has 0 bridgehead atoms. The third-order valence-electron chi connectivity index (χ3n) is 1.68. The summed E-state index contributed by atoms with van der Waals surface area (Å²) < 4.78 is 0. The van der Waals surface area contributed by atoms with Gasteiger partial charge in [-0.05, 0) is 0 Å². The largest absolute Gasteiger partial charge is 0.399 e. The summed E-state index contributed by atoms with van der Waals surface area (Å²) in [4.78, 5) is 10.7. The second-order valence-corrected chi connectivity index (χ2v) is 2.97. The highest BCUT2D eigenvalue weighted by Crippen LogP contribution is 2.02. The fourth-order valence-electron chi connectivity index (χ4n) is 1.27. The molecular formula is C8H18BNO. The van der Waals surface area contributed by atoms with E-state index in [0.29, 0.717) is 6.85 Å². The molecule has 0 saturated carbocycles. The molecule has 0 unspecified atom stereocenters. The van der Waals surface area contributed by atoms with Gasteiger partial charge < -0.3 is 5.23 Å². The van der Waals surface area contributed by atoms with Crippen molar-refractivity contribution in [3.8, 4) is 0 Å². The highest BCUT2D eigenvalue weighted by molar-refractivity contribution is 6.58. The Morgan fingerprint density at radius 3 is 2.00 bits per heavy atom. The van der Waals surface area contributed by atoms with E-state index in [1.165, 1.54) is 0 Å². The van der Waals surface area contributed by atoms with Crippen molar-refractivity contribution >= 4 is 12.8 Å². The van der Waals surface area contributed by atoms with E-state index in [1.807, 2.05) is 0 Å². The van der Waals surface area contributed by atoms with Gasteiger partial charge in [0.25, 0.3) is 6.85 Å². The molecule has 0 aromatic rings. The normalized spacial score (nSPS) is 9.36. The monoisotopic (exact) mass is 155 g/mol. The number of rotatable bonds is 5. The van der Waals surface area contributed by atoms with Gasteiger partial charge >= 0.3 is 0 Å². The van der Waals surface area contributed by atoms with E-state index in [4.69, 9.17) is 0 Å². The van der Waals surface area contributed by atoms with Crippen molar-refractivity contribution in [3.63, 3.8) is 0 Å². The minimum absolute atomic E-state index is 0.0944. The fourth-order valence-corrected chi connectivity index (χ4v) is 1.27. The van der Waals surface area contributed by atoms with Crippen LogP contribution in [-0.4, -0.2) is 12.8 Å². The summed E-state index contributed by atoms with van der Waals surface area (Å²) in [7, 11) is 0.